The first-order valence-corrected chi connectivity index (χ1v) is 7.03. The second kappa shape index (κ2) is 6.12. The van der Waals surface area contributed by atoms with E-state index >= 15 is 0 Å². The van der Waals surface area contributed by atoms with Crippen LogP contribution in [0.15, 0.2) is 17.0 Å². The van der Waals surface area contributed by atoms with E-state index in [-0.39, 0.29) is 18.8 Å². The summed E-state index contributed by atoms with van der Waals surface area (Å²) in [6.45, 7) is 1.74. The van der Waals surface area contributed by atoms with Crippen molar-refractivity contribution in [3.63, 3.8) is 0 Å². The van der Waals surface area contributed by atoms with Crippen LogP contribution in [-0.4, -0.2) is 26.7 Å². The molecule has 0 aromatic heterocycles. The molecular formula is C11H17FN2O3S. The van der Waals surface area contributed by atoms with Crippen molar-refractivity contribution in [2.75, 3.05) is 18.9 Å². The van der Waals surface area contributed by atoms with E-state index in [0.29, 0.717) is 18.4 Å². The molecule has 1 aromatic carbocycles. The van der Waals surface area contributed by atoms with Gasteiger partial charge in [0.05, 0.1) is 0 Å². The van der Waals surface area contributed by atoms with Crippen LogP contribution in [0.1, 0.15) is 18.4 Å². The molecule has 0 aliphatic heterocycles. The standard InChI is InChI=1S/C11H17FN2O3S/c1-8-6-9(12)11(7-10(8)13)18(16,17)14-4-2-3-5-15/h6-7,14-15H,2-5,13H2,1H3. The maximum Gasteiger partial charge on any atom is 0.243 e. The maximum atomic E-state index is 13.6. The van der Waals surface area contributed by atoms with Gasteiger partial charge in [0.25, 0.3) is 0 Å². The van der Waals surface area contributed by atoms with E-state index in [4.69, 9.17) is 10.8 Å². The third-order valence-electron chi connectivity index (χ3n) is 2.49. The van der Waals surface area contributed by atoms with Crippen molar-refractivity contribution in [2.45, 2.75) is 24.7 Å². The van der Waals surface area contributed by atoms with E-state index in [9.17, 15) is 12.8 Å². The van der Waals surface area contributed by atoms with Crippen LogP contribution in [0, 0.1) is 12.7 Å². The Morgan fingerprint density at radius 1 is 1.39 bits per heavy atom. The molecule has 0 spiro atoms. The molecule has 0 amide bonds. The molecule has 1 aromatic rings. The van der Waals surface area contributed by atoms with Crippen LogP contribution >= 0.6 is 0 Å². The molecule has 1 rings (SSSR count). The van der Waals surface area contributed by atoms with Crippen molar-refractivity contribution in [1.82, 2.24) is 4.72 Å². The fourth-order valence-corrected chi connectivity index (χ4v) is 2.56. The zero-order valence-corrected chi connectivity index (χ0v) is 10.9. The minimum Gasteiger partial charge on any atom is -0.398 e. The SMILES string of the molecule is Cc1cc(F)c(S(=O)(=O)NCCCCO)cc1N. The molecule has 0 saturated carbocycles. The van der Waals surface area contributed by atoms with Crippen LogP contribution in [0.2, 0.25) is 0 Å². The van der Waals surface area contributed by atoms with Crippen LogP contribution in [-0.2, 0) is 10.0 Å². The number of aliphatic hydroxyl groups is 1. The average Bonchev–Trinajstić information content (AvgIpc) is 2.29. The molecule has 5 nitrogen and oxygen atoms in total. The summed E-state index contributed by atoms with van der Waals surface area (Å²) in [7, 11) is -3.90. The number of halogens is 1. The Labute approximate surface area is 106 Å². The van der Waals surface area contributed by atoms with Crippen LogP contribution in [0.4, 0.5) is 10.1 Å². The smallest absolute Gasteiger partial charge is 0.243 e. The number of hydrogen-bond donors (Lipinski definition) is 3. The summed E-state index contributed by atoms with van der Waals surface area (Å²) < 4.78 is 39.5. The Hall–Kier alpha value is -1.18. The van der Waals surface area contributed by atoms with Crippen molar-refractivity contribution < 1.29 is 17.9 Å². The molecule has 0 unspecified atom stereocenters. The fraction of sp³-hybridized carbons (Fsp3) is 0.455. The van der Waals surface area contributed by atoms with Gasteiger partial charge < -0.3 is 10.8 Å². The van der Waals surface area contributed by atoms with Crippen molar-refractivity contribution in [2.24, 2.45) is 0 Å². The van der Waals surface area contributed by atoms with Gasteiger partial charge in [-0.15, -0.1) is 0 Å². The summed E-state index contributed by atoms with van der Waals surface area (Å²) in [4.78, 5) is -0.449. The Morgan fingerprint density at radius 3 is 2.67 bits per heavy atom. The molecule has 7 heteroatoms. The van der Waals surface area contributed by atoms with Gasteiger partial charge in [-0.1, -0.05) is 0 Å². The monoisotopic (exact) mass is 276 g/mol. The molecular weight excluding hydrogens is 259 g/mol. The first-order valence-electron chi connectivity index (χ1n) is 5.54. The maximum absolute atomic E-state index is 13.6. The summed E-state index contributed by atoms with van der Waals surface area (Å²) in [6, 6.07) is 2.21. The lowest BCUT2D eigenvalue weighted by Crippen LogP contribution is -2.26. The molecule has 0 radical (unpaired) electrons. The van der Waals surface area contributed by atoms with E-state index in [1.807, 2.05) is 0 Å². The molecule has 102 valence electrons. The zero-order valence-electron chi connectivity index (χ0n) is 10.1. The van der Waals surface area contributed by atoms with Crippen molar-refractivity contribution in [3.05, 3.63) is 23.5 Å². The number of anilines is 1. The first kappa shape index (κ1) is 14.9. The van der Waals surface area contributed by atoms with Crippen molar-refractivity contribution in [3.8, 4) is 0 Å². The summed E-state index contributed by atoms with van der Waals surface area (Å²) in [6.07, 6.45) is 0.972. The second-order valence-electron chi connectivity index (χ2n) is 3.97. The number of benzene rings is 1. The number of hydrogen-bond acceptors (Lipinski definition) is 4. The molecule has 0 bridgehead atoms. The summed E-state index contributed by atoms with van der Waals surface area (Å²) in [5.74, 6) is -0.823. The summed E-state index contributed by atoms with van der Waals surface area (Å²) in [5.41, 5.74) is 6.29. The van der Waals surface area contributed by atoms with Crippen LogP contribution in [0.5, 0.6) is 0 Å². The Morgan fingerprint density at radius 2 is 2.06 bits per heavy atom. The highest BCUT2D eigenvalue weighted by Gasteiger charge is 2.19. The number of nitrogens with two attached hydrogens (primary N) is 1. The van der Waals surface area contributed by atoms with Gasteiger partial charge in [-0.2, -0.15) is 0 Å². The molecule has 0 heterocycles. The molecule has 0 aliphatic carbocycles. The number of rotatable bonds is 6. The molecule has 0 saturated heterocycles. The lowest BCUT2D eigenvalue weighted by atomic mass is 10.2. The van der Waals surface area contributed by atoms with Crippen LogP contribution in [0.25, 0.3) is 0 Å². The minimum absolute atomic E-state index is 0.00638. The predicted octanol–water partition coefficient (Wildman–Crippen LogP) is 0.767. The van der Waals surface area contributed by atoms with Gasteiger partial charge in [0.15, 0.2) is 0 Å². The lowest BCUT2D eigenvalue weighted by Gasteiger charge is -2.09. The van der Waals surface area contributed by atoms with E-state index in [2.05, 4.69) is 4.72 Å². The summed E-state index contributed by atoms with van der Waals surface area (Å²) >= 11 is 0. The molecule has 0 fully saturated rings. The number of nitrogens with one attached hydrogen (secondary N) is 1. The fourth-order valence-electron chi connectivity index (χ4n) is 1.40. The van der Waals surface area contributed by atoms with Gasteiger partial charge in [0.2, 0.25) is 10.0 Å². The Bertz CT molecular complexity index is 517. The number of aliphatic hydroxyl groups excluding tert-OH is 1. The molecule has 0 atom stereocenters. The highest BCUT2D eigenvalue weighted by Crippen LogP contribution is 2.21. The summed E-state index contributed by atoms with van der Waals surface area (Å²) in [5, 5.41) is 8.57. The van der Waals surface area contributed by atoms with Crippen LogP contribution < -0.4 is 10.5 Å². The third kappa shape index (κ3) is 3.66. The van der Waals surface area contributed by atoms with Crippen molar-refractivity contribution in [1.29, 1.82) is 0 Å². The largest absolute Gasteiger partial charge is 0.398 e. The number of nitrogen functional groups attached to an aromatic ring is 1. The van der Waals surface area contributed by atoms with Gasteiger partial charge in [0, 0.05) is 18.8 Å². The van der Waals surface area contributed by atoms with Gasteiger partial charge >= 0.3 is 0 Å². The van der Waals surface area contributed by atoms with Gasteiger partial charge in [0.1, 0.15) is 10.7 Å². The number of sulfonamides is 1. The van der Waals surface area contributed by atoms with Crippen molar-refractivity contribution >= 4 is 15.7 Å². The lowest BCUT2D eigenvalue weighted by molar-refractivity contribution is 0.285. The van der Waals surface area contributed by atoms with E-state index in [1.165, 1.54) is 0 Å². The van der Waals surface area contributed by atoms with E-state index < -0.39 is 20.7 Å². The highest BCUT2D eigenvalue weighted by atomic mass is 32.2. The number of unbranched alkanes of at least 4 members (excludes halogenated alkanes) is 1. The minimum atomic E-state index is -3.90. The highest BCUT2D eigenvalue weighted by molar-refractivity contribution is 7.89. The Balaban J connectivity index is 2.88. The second-order valence-corrected chi connectivity index (χ2v) is 5.70. The molecule has 18 heavy (non-hydrogen) atoms. The first-order chi connectivity index (χ1) is 8.38. The third-order valence-corrected chi connectivity index (χ3v) is 3.96. The van der Waals surface area contributed by atoms with Crippen LogP contribution in [0.3, 0.4) is 0 Å². The average molecular weight is 276 g/mol. The van der Waals surface area contributed by atoms with Gasteiger partial charge in [-0.3, -0.25) is 0 Å². The quantitative estimate of drug-likeness (QED) is 0.528. The normalized spacial score (nSPS) is 11.7. The molecule has 4 N–H and O–H groups in total. The zero-order chi connectivity index (χ0) is 13.8. The topological polar surface area (TPSA) is 92.4 Å². The predicted molar refractivity (Wildman–Crippen MR) is 67.1 cm³/mol. The van der Waals surface area contributed by atoms with Gasteiger partial charge in [-0.05, 0) is 37.5 Å². The Kier molecular flexibility index (Phi) is 5.06. The van der Waals surface area contributed by atoms with E-state index in [1.54, 1.807) is 6.92 Å². The van der Waals surface area contributed by atoms with E-state index in [0.717, 1.165) is 12.1 Å². The molecule has 0 aliphatic rings. The number of aryl methyl sites for hydroxylation is 1. The van der Waals surface area contributed by atoms with Gasteiger partial charge in [-0.25, -0.2) is 17.5 Å².